The van der Waals surface area contributed by atoms with Crippen LogP contribution in [0.2, 0.25) is 0 Å². The number of carbonyl (C=O) groups excluding carboxylic acids is 1. The molecule has 0 N–H and O–H groups in total. The number of esters is 1. The van der Waals surface area contributed by atoms with E-state index in [1.165, 1.54) is 0 Å². The molecule has 0 spiro atoms. The van der Waals surface area contributed by atoms with E-state index < -0.39 is 0 Å². The number of rotatable bonds is 2. The number of thiol groups is 1. The summed E-state index contributed by atoms with van der Waals surface area (Å²) in [6.45, 7) is 9.83. The summed E-state index contributed by atoms with van der Waals surface area (Å²) in [6.07, 6.45) is 4.77. The summed E-state index contributed by atoms with van der Waals surface area (Å²) < 4.78 is 5.22. The Morgan fingerprint density at radius 3 is 1.94 bits per heavy atom. The molecule has 1 rings (SSSR count). The fraction of sp³-hybridized carbons (Fsp3) is 0.923. The largest absolute Gasteiger partial charge is 0.462 e. The highest BCUT2D eigenvalue weighted by Crippen LogP contribution is 2.24. The lowest BCUT2D eigenvalue weighted by atomic mass is 9.97. The van der Waals surface area contributed by atoms with Crippen molar-refractivity contribution in [3.8, 4) is 0 Å². The minimum atomic E-state index is -0.0717. The topological polar surface area (TPSA) is 26.3 Å². The van der Waals surface area contributed by atoms with E-state index in [0.717, 1.165) is 25.7 Å². The van der Waals surface area contributed by atoms with Crippen molar-refractivity contribution < 1.29 is 9.53 Å². The first-order valence-electron chi connectivity index (χ1n) is 6.60. The van der Waals surface area contributed by atoms with Gasteiger partial charge < -0.3 is 4.74 Å². The third kappa shape index (κ3) is 9.08. The van der Waals surface area contributed by atoms with Gasteiger partial charge in [-0.15, -0.1) is 0 Å². The number of hydrogen-bond donors (Lipinski definition) is 1. The van der Waals surface area contributed by atoms with Crippen LogP contribution in [0.1, 0.15) is 66.7 Å². The summed E-state index contributed by atoms with van der Waals surface area (Å²) in [6, 6.07) is 0. The van der Waals surface area contributed by atoms with Gasteiger partial charge in [-0.05, 0) is 25.7 Å². The van der Waals surface area contributed by atoms with E-state index in [2.05, 4.69) is 12.6 Å². The van der Waals surface area contributed by atoms with E-state index >= 15 is 0 Å². The molecular formula is C13H28O2S. The van der Waals surface area contributed by atoms with Crippen LogP contribution in [0.15, 0.2) is 0 Å². The van der Waals surface area contributed by atoms with Gasteiger partial charge in [-0.25, -0.2) is 0 Å². The van der Waals surface area contributed by atoms with E-state index in [1.54, 1.807) is 0 Å². The van der Waals surface area contributed by atoms with Crippen molar-refractivity contribution in [1.82, 2.24) is 0 Å². The molecule has 1 saturated carbocycles. The lowest BCUT2D eigenvalue weighted by Gasteiger charge is -2.25. The van der Waals surface area contributed by atoms with Crippen molar-refractivity contribution in [2.75, 3.05) is 0 Å². The maximum Gasteiger partial charge on any atom is 0.305 e. The molecule has 0 aromatic heterocycles. The fourth-order valence-corrected chi connectivity index (χ4v) is 1.73. The van der Waals surface area contributed by atoms with Gasteiger partial charge in [-0.1, -0.05) is 34.6 Å². The van der Waals surface area contributed by atoms with Gasteiger partial charge in [-0.2, -0.15) is 12.6 Å². The molecule has 0 aromatic rings. The molecule has 16 heavy (non-hydrogen) atoms. The quantitative estimate of drug-likeness (QED) is 0.584. The number of ether oxygens (including phenoxy) is 1. The highest BCUT2D eigenvalue weighted by Gasteiger charge is 2.20. The SMILES string of the molecule is CC.CC.CCC(=O)OC1CCC(S)CC1. The molecule has 0 amide bonds. The minimum absolute atomic E-state index is 0.0717. The summed E-state index contributed by atoms with van der Waals surface area (Å²) in [4.78, 5) is 10.9. The molecule has 98 valence electrons. The second kappa shape index (κ2) is 12.9. The van der Waals surface area contributed by atoms with Crippen LogP contribution < -0.4 is 0 Å². The molecule has 0 atom stereocenters. The summed E-state index contributed by atoms with van der Waals surface area (Å²) in [5.74, 6) is -0.0717. The average molecular weight is 248 g/mol. The molecule has 1 aliphatic rings. The molecule has 0 aromatic carbocycles. The lowest BCUT2D eigenvalue weighted by molar-refractivity contribution is -0.150. The molecule has 0 aliphatic heterocycles. The average Bonchev–Trinajstić information content (AvgIpc) is 2.37. The zero-order valence-electron chi connectivity index (χ0n) is 11.5. The van der Waals surface area contributed by atoms with Crippen LogP contribution in [-0.4, -0.2) is 17.3 Å². The molecule has 3 heteroatoms. The highest BCUT2D eigenvalue weighted by atomic mass is 32.1. The Labute approximate surface area is 107 Å². The van der Waals surface area contributed by atoms with Gasteiger partial charge in [-0.3, -0.25) is 4.79 Å². The van der Waals surface area contributed by atoms with E-state index in [4.69, 9.17) is 4.74 Å². The van der Waals surface area contributed by atoms with E-state index in [-0.39, 0.29) is 12.1 Å². The maximum atomic E-state index is 10.9. The van der Waals surface area contributed by atoms with Gasteiger partial charge in [0.1, 0.15) is 6.10 Å². The highest BCUT2D eigenvalue weighted by molar-refractivity contribution is 7.80. The fourth-order valence-electron chi connectivity index (χ4n) is 1.43. The van der Waals surface area contributed by atoms with Crippen LogP contribution in [0.25, 0.3) is 0 Å². The van der Waals surface area contributed by atoms with Crippen molar-refractivity contribution >= 4 is 18.6 Å². The van der Waals surface area contributed by atoms with Crippen molar-refractivity contribution in [3.05, 3.63) is 0 Å². The molecule has 2 nitrogen and oxygen atoms in total. The molecule has 0 bridgehead atoms. The number of hydrogen-bond acceptors (Lipinski definition) is 3. The van der Waals surface area contributed by atoms with Gasteiger partial charge >= 0.3 is 5.97 Å². The minimum Gasteiger partial charge on any atom is -0.462 e. The van der Waals surface area contributed by atoms with Crippen LogP contribution in [-0.2, 0) is 9.53 Å². The number of carbonyl (C=O) groups is 1. The predicted molar refractivity (Wildman–Crippen MR) is 74.1 cm³/mol. The Morgan fingerprint density at radius 1 is 1.12 bits per heavy atom. The molecule has 0 radical (unpaired) electrons. The Hall–Kier alpha value is -0.180. The van der Waals surface area contributed by atoms with Gasteiger partial charge in [0, 0.05) is 11.7 Å². The van der Waals surface area contributed by atoms with Crippen LogP contribution >= 0.6 is 12.6 Å². The van der Waals surface area contributed by atoms with E-state index in [1.807, 2.05) is 34.6 Å². The molecular weight excluding hydrogens is 220 g/mol. The first-order valence-corrected chi connectivity index (χ1v) is 7.11. The zero-order valence-corrected chi connectivity index (χ0v) is 12.3. The van der Waals surface area contributed by atoms with Gasteiger partial charge in [0.15, 0.2) is 0 Å². The first kappa shape index (κ1) is 18.2. The summed E-state index contributed by atoms with van der Waals surface area (Å²) >= 11 is 4.37. The van der Waals surface area contributed by atoms with Crippen LogP contribution in [0, 0.1) is 0 Å². The van der Waals surface area contributed by atoms with Crippen LogP contribution in [0.5, 0.6) is 0 Å². The Bertz CT molecular complexity index is 152. The third-order valence-corrected chi connectivity index (χ3v) is 2.75. The first-order chi connectivity index (χ1) is 7.72. The standard InChI is InChI=1S/C9H16O2S.2C2H6/c1-2-9(10)11-7-3-5-8(12)6-4-7;2*1-2/h7-8,12H,2-6H2,1H3;2*1-2H3. The van der Waals surface area contributed by atoms with Crippen molar-refractivity contribution in [1.29, 1.82) is 0 Å². The van der Waals surface area contributed by atoms with Gasteiger partial charge in [0.25, 0.3) is 0 Å². The van der Waals surface area contributed by atoms with Crippen molar-refractivity contribution in [2.45, 2.75) is 78.1 Å². The Kier molecular flexibility index (Phi) is 14.7. The summed E-state index contributed by atoms with van der Waals surface area (Å²) in [5.41, 5.74) is 0. The molecule has 1 aliphatic carbocycles. The molecule has 0 unspecified atom stereocenters. The second-order valence-electron chi connectivity index (χ2n) is 3.27. The van der Waals surface area contributed by atoms with Gasteiger partial charge in [0.2, 0.25) is 0 Å². The Balaban J connectivity index is 0. The van der Waals surface area contributed by atoms with Crippen molar-refractivity contribution in [2.24, 2.45) is 0 Å². The van der Waals surface area contributed by atoms with Crippen LogP contribution in [0.3, 0.4) is 0 Å². The smallest absolute Gasteiger partial charge is 0.305 e. The lowest BCUT2D eigenvalue weighted by Crippen LogP contribution is -2.24. The normalized spacial score (nSPS) is 23.1. The van der Waals surface area contributed by atoms with Gasteiger partial charge in [0.05, 0.1) is 0 Å². The second-order valence-corrected chi connectivity index (χ2v) is 4.00. The predicted octanol–water partition coefficient (Wildman–Crippen LogP) is 4.23. The maximum absolute atomic E-state index is 10.9. The Morgan fingerprint density at radius 2 is 1.56 bits per heavy atom. The van der Waals surface area contributed by atoms with E-state index in [0.29, 0.717) is 11.7 Å². The zero-order chi connectivity index (χ0) is 13.0. The third-order valence-electron chi connectivity index (χ3n) is 2.23. The van der Waals surface area contributed by atoms with E-state index in [9.17, 15) is 4.79 Å². The van der Waals surface area contributed by atoms with Crippen molar-refractivity contribution in [3.63, 3.8) is 0 Å². The van der Waals surface area contributed by atoms with Crippen LogP contribution in [0.4, 0.5) is 0 Å². The summed E-state index contributed by atoms with van der Waals surface area (Å²) in [7, 11) is 0. The monoisotopic (exact) mass is 248 g/mol. The summed E-state index contributed by atoms with van der Waals surface area (Å²) in [5, 5.41) is 0.515. The molecule has 0 saturated heterocycles. The molecule has 1 fully saturated rings. The molecule has 0 heterocycles.